The molecule has 3 aromatic rings. The van der Waals surface area contributed by atoms with Crippen molar-refractivity contribution in [1.82, 2.24) is 14.5 Å². The van der Waals surface area contributed by atoms with Gasteiger partial charge >= 0.3 is 0 Å². The minimum Gasteiger partial charge on any atom is -0.238 e. The van der Waals surface area contributed by atoms with Crippen LogP contribution in [0.4, 0.5) is 0 Å². The Labute approximate surface area is 148 Å². The summed E-state index contributed by atoms with van der Waals surface area (Å²) in [6, 6.07) is 16.6. The molecule has 6 heteroatoms. The first kappa shape index (κ1) is 17.4. The normalized spacial score (nSPS) is 11.6. The molecule has 0 amide bonds. The number of aromatic nitrogens is 2. The van der Waals surface area contributed by atoms with E-state index >= 15 is 0 Å². The SMILES string of the molecule is Cc1ccc(S(=O)(=O)NCc2c(C)nn(-c3ccccc3)c2C)cc1. The first-order chi connectivity index (χ1) is 11.9. The molecule has 0 bridgehead atoms. The van der Waals surface area contributed by atoms with E-state index in [0.717, 1.165) is 28.2 Å². The van der Waals surface area contributed by atoms with Crippen LogP contribution >= 0.6 is 0 Å². The average Bonchev–Trinajstić information content (AvgIpc) is 2.88. The molecule has 0 aliphatic heterocycles. The summed E-state index contributed by atoms with van der Waals surface area (Å²) in [5.74, 6) is 0. The molecule has 5 nitrogen and oxygen atoms in total. The Bertz CT molecular complexity index is 976. The van der Waals surface area contributed by atoms with Crippen LogP contribution in [0.15, 0.2) is 59.5 Å². The van der Waals surface area contributed by atoms with Crippen molar-refractivity contribution in [2.75, 3.05) is 0 Å². The van der Waals surface area contributed by atoms with E-state index in [0.29, 0.717) is 0 Å². The minimum absolute atomic E-state index is 0.209. The zero-order chi connectivity index (χ0) is 18.0. The van der Waals surface area contributed by atoms with Gasteiger partial charge in [0.05, 0.1) is 16.3 Å². The van der Waals surface area contributed by atoms with Gasteiger partial charge in [0, 0.05) is 17.8 Å². The van der Waals surface area contributed by atoms with Crippen molar-refractivity contribution in [3.8, 4) is 5.69 Å². The second-order valence-corrected chi connectivity index (χ2v) is 7.80. The molecule has 0 aliphatic carbocycles. The second kappa shape index (κ2) is 6.82. The lowest BCUT2D eigenvalue weighted by Gasteiger charge is -2.08. The highest BCUT2D eigenvalue weighted by molar-refractivity contribution is 7.89. The van der Waals surface area contributed by atoms with Crippen LogP contribution in [0.5, 0.6) is 0 Å². The molecule has 0 saturated heterocycles. The molecular formula is C19H21N3O2S. The Hall–Kier alpha value is -2.44. The molecule has 0 saturated carbocycles. The fourth-order valence-electron chi connectivity index (χ4n) is 2.72. The van der Waals surface area contributed by atoms with Gasteiger partial charge in [-0.05, 0) is 45.0 Å². The lowest BCUT2D eigenvalue weighted by molar-refractivity contribution is 0.581. The lowest BCUT2D eigenvalue weighted by atomic mass is 10.2. The van der Waals surface area contributed by atoms with E-state index in [1.807, 2.05) is 55.8 Å². The van der Waals surface area contributed by atoms with Crippen molar-refractivity contribution in [3.63, 3.8) is 0 Å². The summed E-state index contributed by atoms with van der Waals surface area (Å²) in [5, 5.41) is 4.55. The van der Waals surface area contributed by atoms with E-state index in [-0.39, 0.29) is 11.4 Å². The lowest BCUT2D eigenvalue weighted by Crippen LogP contribution is -2.23. The van der Waals surface area contributed by atoms with Crippen molar-refractivity contribution < 1.29 is 8.42 Å². The quantitative estimate of drug-likeness (QED) is 0.764. The minimum atomic E-state index is -3.55. The number of hydrogen-bond donors (Lipinski definition) is 1. The van der Waals surface area contributed by atoms with Gasteiger partial charge in [-0.15, -0.1) is 0 Å². The predicted molar refractivity (Wildman–Crippen MR) is 98.2 cm³/mol. The summed E-state index contributed by atoms with van der Waals surface area (Å²) in [5.41, 5.74) is 4.60. The first-order valence-corrected chi connectivity index (χ1v) is 9.53. The van der Waals surface area contributed by atoms with Crippen LogP contribution in [0.3, 0.4) is 0 Å². The van der Waals surface area contributed by atoms with Gasteiger partial charge in [-0.3, -0.25) is 0 Å². The fraction of sp³-hybridized carbons (Fsp3) is 0.211. The maximum atomic E-state index is 12.5. The van der Waals surface area contributed by atoms with Crippen LogP contribution in [-0.4, -0.2) is 18.2 Å². The molecule has 2 aromatic carbocycles. The maximum absolute atomic E-state index is 12.5. The Morgan fingerprint density at radius 2 is 1.60 bits per heavy atom. The summed E-state index contributed by atoms with van der Waals surface area (Å²) < 4.78 is 29.5. The number of aryl methyl sites for hydroxylation is 2. The van der Waals surface area contributed by atoms with Crippen LogP contribution in [-0.2, 0) is 16.6 Å². The third-order valence-electron chi connectivity index (χ3n) is 4.21. The summed E-state index contributed by atoms with van der Waals surface area (Å²) in [4.78, 5) is 0.267. The number of hydrogen-bond acceptors (Lipinski definition) is 3. The summed E-state index contributed by atoms with van der Waals surface area (Å²) in [7, 11) is -3.55. The largest absolute Gasteiger partial charge is 0.240 e. The van der Waals surface area contributed by atoms with E-state index in [1.54, 1.807) is 24.3 Å². The van der Waals surface area contributed by atoms with Gasteiger partial charge in [0.2, 0.25) is 10.0 Å². The molecule has 0 unspecified atom stereocenters. The number of nitrogens with zero attached hydrogens (tertiary/aromatic N) is 2. The zero-order valence-corrected chi connectivity index (χ0v) is 15.3. The highest BCUT2D eigenvalue weighted by Crippen LogP contribution is 2.19. The predicted octanol–water partition coefficient (Wildman–Crippen LogP) is 3.28. The van der Waals surface area contributed by atoms with E-state index in [1.165, 1.54) is 0 Å². The van der Waals surface area contributed by atoms with Gasteiger partial charge in [-0.25, -0.2) is 17.8 Å². The third kappa shape index (κ3) is 3.65. The second-order valence-electron chi connectivity index (χ2n) is 6.03. The van der Waals surface area contributed by atoms with E-state index in [9.17, 15) is 8.42 Å². The van der Waals surface area contributed by atoms with E-state index in [4.69, 9.17) is 0 Å². The van der Waals surface area contributed by atoms with Crippen molar-refractivity contribution in [2.45, 2.75) is 32.2 Å². The van der Waals surface area contributed by atoms with E-state index < -0.39 is 10.0 Å². The Balaban J connectivity index is 1.84. The monoisotopic (exact) mass is 355 g/mol. The Kier molecular flexibility index (Phi) is 4.74. The van der Waals surface area contributed by atoms with Crippen molar-refractivity contribution in [3.05, 3.63) is 77.1 Å². The van der Waals surface area contributed by atoms with Gasteiger partial charge in [-0.1, -0.05) is 35.9 Å². The molecule has 1 aromatic heterocycles. The van der Waals surface area contributed by atoms with Crippen LogP contribution < -0.4 is 4.72 Å². The number of benzene rings is 2. The molecular weight excluding hydrogens is 334 g/mol. The third-order valence-corrected chi connectivity index (χ3v) is 5.63. The Morgan fingerprint density at radius 3 is 2.24 bits per heavy atom. The molecule has 1 N–H and O–H groups in total. The molecule has 0 radical (unpaired) electrons. The number of nitrogens with one attached hydrogen (secondary N) is 1. The zero-order valence-electron chi connectivity index (χ0n) is 14.5. The molecule has 1 heterocycles. The van der Waals surface area contributed by atoms with E-state index in [2.05, 4.69) is 9.82 Å². The summed E-state index contributed by atoms with van der Waals surface area (Å²) in [6.07, 6.45) is 0. The first-order valence-electron chi connectivity index (χ1n) is 8.05. The van der Waals surface area contributed by atoms with Crippen LogP contribution in [0, 0.1) is 20.8 Å². The van der Waals surface area contributed by atoms with Gasteiger partial charge in [-0.2, -0.15) is 5.10 Å². The molecule has 0 fully saturated rings. The Morgan fingerprint density at radius 1 is 0.960 bits per heavy atom. The molecule has 130 valence electrons. The number of rotatable bonds is 5. The molecule has 0 spiro atoms. The highest BCUT2D eigenvalue weighted by atomic mass is 32.2. The van der Waals surface area contributed by atoms with Gasteiger partial charge < -0.3 is 0 Å². The summed E-state index contributed by atoms with van der Waals surface area (Å²) in [6.45, 7) is 5.97. The summed E-state index contributed by atoms with van der Waals surface area (Å²) >= 11 is 0. The van der Waals surface area contributed by atoms with Gasteiger partial charge in [0.1, 0.15) is 0 Å². The van der Waals surface area contributed by atoms with Crippen molar-refractivity contribution in [2.24, 2.45) is 0 Å². The van der Waals surface area contributed by atoms with Gasteiger partial charge in [0.25, 0.3) is 0 Å². The maximum Gasteiger partial charge on any atom is 0.240 e. The topological polar surface area (TPSA) is 64.0 Å². The average molecular weight is 355 g/mol. The molecule has 0 aliphatic rings. The number of sulfonamides is 1. The van der Waals surface area contributed by atoms with Crippen molar-refractivity contribution in [1.29, 1.82) is 0 Å². The van der Waals surface area contributed by atoms with Crippen molar-refractivity contribution >= 4 is 10.0 Å². The van der Waals surface area contributed by atoms with Crippen LogP contribution in [0.2, 0.25) is 0 Å². The molecule has 0 atom stereocenters. The smallest absolute Gasteiger partial charge is 0.238 e. The molecule has 3 rings (SSSR count). The standard InChI is InChI=1S/C19H21N3O2S/c1-14-9-11-18(12-10-14)25(23,24)20-13-19-15(2)21-22(16(19)3)17-7-5-4-6-8-17/h4-12,20H,13H2,1-3H3. The van der Waals surface area contributed by atoms with Crippen LogP contribution in [0.25, 0.3) is 5.69 Å². The van der Waals surface area contributed by atoms with Gasteiger partial charge in [0.15, 0.2) is 0 Å². The van der Waals surface area contributed by atoms with Crippen LogP contribution in [0.1, 0.15) is 22.5 Å². The fourth-order valence-corrected chi connectivity index (χ4v) is 3.71. The molecule has 25 heavy (non-hydrogen) atoms. The highest BCUT2D eigenvalue weighted by Gasteiger charge is 2.17. The number of para-hydroxylation sites is 1.